The zero-order valence-corrected chi connectivity index (χ0v) is 6.71. The van der Waals surface area contributed by atoms with Gasteiger partial charge in [-0.25, -0.2) is 0 Å². The summed E-state index contributed by atoms with van der Waals surface area (Å²) in [6.07, 6.45) is -0.130. The van der Waals surface area contributed by atoms with Gasteiger partial charge in [0.2, 0.25) is 0 Å². The number of azide groups is 1. The summed E-state index contributed by atoms with van der Waals surface area (Å²) in [4.78, 5) is 13.0. The molecule has 0 amide bonds. The minimum absolute atomic E-state index is 0.130. The van der Waals surface area contributed by atoms with Gasteiger partial charge < -0.3 is 5.11 Å². The first kappa shape index (κ1) is 9.09. The molecule has 5 nitrogen and oxygen atoms in total. The summed E-state index contributed by atoms with van der Waals surface area (Å²) in [6.45, 7) is 0. The van der Waals surface area contributed by atoms with Gasteiger partial charge in [0, 0.05) is 10.6 Å². The van der Waals surface area contributed by atoms with E-state index in [-0.39, 0.29) is 6.42 Å². The van der Waals surface area contributed by atoms with Crippen LogP contribution < -0.4 is 0 Å². The highest BCUT2D eigenvalue weighted by atomic mass is 16.4. The maximum Gasteiger partial charge on any atom is 0.307 e. The van der Waals surface area contributed by atoms with Gasteiger partial charge in [-0.2, -0.15) is 0 Å². The van der Waals surface area contributed by atoms with Gasteiger partial charge in [0.05, 0.1) is 6.42 Å². The summed E-state index contributed by atoms with van der Waals surface area (Å²) >= 11 is 0. The summed E-state index contributed by atoms with van der Waals surface area (Å²) in [5.41, 5.74) is 9.08. The van der Waals surface area contributed by atoms with Crippen LogP contribution in [0.5, 0.6) is 0 Å². The van der Waals surface area contributed by atoms with Gasteiger partial charge in [-0.3, -0.25) is 4.79 Å². The predicted molar refractivity (Wildman–Crippen MR) is 46.6 cm³/mol. The zero-order valence-electron chi connectivity index (χ0n) is 6.71. The highest BCUT2D eigenvalue weighted by Crippen LogP contribution is 2.18. The fourth-order valence-electron chi connectivity index (χ4n) is 0.969. The number of benzene rings is 1. The van der Waals surface area contributed by atoms with Crippen LogP contribution in [-0.2, 0) is 11.2 Å². The Balaban J connectivity index is 3.04. The van der Waals surface area contributed by atoms with Crippen LogP contribution in [0.4, 0.5) is 5.69 Å². The fraction of sp³-hybridized carbons (Fsp3) is 0.125. The van der Waals surface area contributed by atoms with Crippen molar-refractivity contribution in [3.8, 4) is 0 Å². The van der Waals surface area contributed by atoms with Crippen molar-refractivity contribution in [2.45, 2.75) is 6.42 Å². The molecular weight excluding hydrogens is 170 g/mol. The molecular formula is C8H7N3O2. The van der Waals surface area contributed by atoms with Crippen molar-refractivity contribution in [1.82, 2.24) is 0 Å². The van der Waals surface area contributed by atoms with Crippen LogP contribution in [0, 0.1) is 0 Å². The number of rotatable bonds is 3. The van der Waals surface area contributed by atoms with E-state index in [9.17, 15) is 4.79 Å². The summed E-state index contributed by atoms with van der Waals surface area (Å²) in [6, 6.07) is 6.60. The Labute approximate surface area is 74.3 Å². The molecule has 1 aromatic carbocycles. The third kappa shape index (κ3) is 2.50. The van der Waals surface area contributed by atoms with Crippen LogP contribution in [0.2, 0.25) is 0 Å². The molecule has 5 heteroatoms. The minimum atomic E-state index is -0.944. The maximum absolute atomic E-state index is 10.4. The lowest BCUT2D eigenvalue weighted by atomic mass is 10.1. The molecule has 0 saturated carbocycles. The zero-order chi connectivity index (χ0) is 9.68. The molecule has 1 aromatic rings. The van der Waals surface area contributed by atoms with Crippen molar-refractivity contribution < 1.29 is 9.90 Å². The van der Waals surface area contributed by atoms with Gasteiger partial charge in [-0.1, -0.05) is 29.4 Å². The largest absolute Gasteiger partial charge is 0.481 e. The molecule has 0 bridgehead atoms. The summed E-state index contributed by atoms with van der Waals surface area (Å²) in [5.74, 6) is -0.944. The Morgan fingerprint density at radius 2 is 2.23 bits per heavy atom. The Morgan fingerprint density at radius 3 is 2.85 bits per heavy atom. The topological polar surface area (TPSA) is 86.1 Å². The third-order valence-electron chi connectivity index (χ3n) is 1.49. The average Bonchev–Trinajstić information content (AvgIpc) is 2.08. The molecule has 0 radical (unpaired) electrons. The molecule has 0 fully saturated rings. The van der Waals surface area contributed by atoms with E-state index < -0.39 is 5.97 Å². The van der Waals surface area contributed by atoms with Gasteiger partial charge in [-0.15, -0.1) is 0 Å². The van der Waals surface area contributed by atoms with E-state index >= 15 is 0 Å². The second-order valence-electron chi connectivity index (χ2n) is 2.39. The Kier molecular flexibility index (Phi) is 2.89. The number of aliphatic carboxylic acids is 1. The van der Waals surface area contributed by atoms with Gasteiger partial charge in [0.1, 0.15) is 0 Å². The van der Waals surface area contributed by atoms with Crippen LogP contribution in [0.1, 0.15) is 5.56 Å². The highest BCUT2D eigenvalue weighted by Gasteiger charge is 2.03. The number of carbonyl (C=O) groups is 1. The highest BCUT2D eigenvalue weighted by molar-refractivity contribution is 5.72. The predicted octanol–water partition coefficient (Wildman–Crippen LogP) is 2.26. The summed E-state index contributed by atoms with van der Waals surface area (Å²) in [5, 5.41) is 11.9. The van der Waals surface area contributed by atoms with Crippen molar-refractivity contribution in [2.75, 3.05) is 0 Å². The lowest BCUT2D eigenvalue weighted by molar-refractivity contribution is -0.136. The number of hydrogen-bond acceptors (Lipinski definition) is 2. The van der Waals surface area contributed by atoms with Crippen LogP contribution in [0.25, 0.3) is 10.4 Å². The standard InChI is InChI=1S/C8H7N3O2/c9-11-10-7-4-2-1-3-6(7)5-8(12)13/h1-4H,5H2,(H,12,13). The first-order valence-corrected chi connectivity index (χ1v) is 3.59. The van der Waals surface area contributed by atoms with Crippen molar-refractivity contribution in [2.24, 2.45) is 5.11 Å². The molecule has 1 rings (SSSR count). The Bertz CT molecular complexity index is 369. The van der Waals surface area contributed by atoms with Crippen LogP contribution >= 0.6 is 0 Å². The van der Waals surface area contributed by atoms with Crippen LogP contribution in [0.3, 0.4) is 0 Å². The molecule has 66 valence electrons. The fourth-order valence-corrected chi connectivity index (χ4v) is 0.969. The summed E-state index contributed by atoms with van der Waals surface area (Å²) in [7, 11) is 0. The normalized spacial score (nSPS) is 8.92. The lowest BCUT2D eigenvalue weighted by Gasteiger charge is -1.99. The molecule has 0 atom stereocenters. The molecule has 0 saturated heterocycles. The number of nitrogens with zero attached hydrogens (tertiary/aromatic N) is 3. The monoisotopic (exact) mass is 177 g/mol. The second-order valence-corrected chi connectivity index (χ2v) is 2.39. The Hall–Kier alpha value is -2.00. The number of carboxylic acids is 1. The van der Waals surface area contributed by atoms with E-state index in [0.717, 1.165) is 0 Å². The number of carboxylic acid groups (broad SMARTS) is 1. The molecule has 0 spiro atoms. The molecule has 0 aliphatic rings. The lowest BCUT2D eigenvalue weighted by Crippen LogP contribution is -1.99. The van der Waals surface area contributed by atoms with Crippen molar-refractivity contribution in [1.29, 1.82) is 0 Å². The van der Waals surface area contributed by atoms with Crippen LogP contribution in [0.15, 0.2) is 29.4 Å². The van der Waals surface area contributed by atoms with E-state index in [1.807, 2.05) is 0 Å². The van der Waals surface area contributed by atoms with E-state index in [1.54, 1.807) is 24.3 Å². The molecule has 13 heavy (non-hydrogen) atoms. The number of hydrogen-bond donors (Lipinski definition) is 1. The van der Waals surface area contributed by atoms with Gasteiger partial charge in [0.15, 0.2) is 0 Å². The van der Waals surface area contributed by atoms with Gasteiger partial charge >= 0.3 is 5.97 Å². The molecule has 1 N–H and O–H groups in total. The average molecular weight is 177 g/mol. The van der Waals surface area contributed by atoms with Crippen molar-refractivity contribution in [3.05, 3.63) is 40.3 Å². The minimum Gasteiger partial charge on any atom is -0.481 e. The smallest absolute Gasteiger partial charge is 0.307 e. The summed E-state index contributed by atoms with van der Waals surface area (Å²) < 4.78 is 0. The molecule has 0 aliphatic heterocycles. The van der Waals surface area contributed by atoms with Gasteiger partial charge in [0.25, 0.3) is 0 Å². The van der Waals surface area contributed by atoms with Crippen LogP contribution in [-0.4, -0.2) is 11.1 Å². The molecule has 0 heterocycles. The molecule has 0 aliphatic carbocycles. The van der Waals surface area contributed by atoms with E-state index in [2.05, 4.69) is 10.0 Å². The third-order valence-corrected chi connectivity index (χ3v) is 1.49. The van der Waals surface area contributed by atoms with Crippen molar-refractivity contribution >= 4 is 11.7 Å². The Morgan fingerprint density at radius 1 is 1.54 bits per heavy atom. The van der Waals surface area contributed by atoms with Gasteiger partial charge in [-0.05, 0) is 11.1 Å². The van der Waals surface area contributed by atoms with E-state index in [0.29, 0.717) is 11.3 Å². The van der Waals surface area contributed by atoms with E-state index in [4.69, 9.17) is 10.6 Å². The molecule has 0 aromatic heterocycles. The second kappa shape index (κ2) is 4.13. The first-order chi connectivity index (χ1) is 6.24. The molecule has 0 unspecified atom stereocenters. The quantitative estimate of drug-likeness (QED) is 0.436. The van der Waals surface area contributed by atoms with E-state index in [1.165, 1.54) is 0 Å². The first-order valence-electron chi connectivity index (χ1n) is 3.59. The SMILES string of the molecule is [N-]=[N+]=Nc1ccccc1CC(=O)O. The van der Waals surface area contributed by atoms with Crippen molar-refractivity contribution in [3.63, 3.8) is 0 Å². The maximum atomic E-state index is 10.4.